The Morgan fingerprint density at radius 1 is 1.23 bits per heavy atom. The van der Waals surface area contributed by atoms with Crippen LogP contribution in [0, 0.1) is 5.92 Å². The van der Waals surface area contributed by atoms with Crippen molar-refractivity contribution < 1.29 is 14.3 Å². The lowest BCUT2D eigenvalue weighted by molar-refractivity contribution is -0.136. The van der Waals surface area contributed by atoms with E-state index in [9.17, 15) is 9.59 Å². The van der Waals surface area contributed by atoms with Crippen molar-refractivity contribution in [3.8, 4) is 0 Å². The molecule has 2 rings (SSSR count). The largest absolute Gasteiger partial charge is 0.378 e. The van der Waals surface area contributed by atoms with E-state index in [1.165, 1.54) is 32.1 Å². The first-order valence-electron chi connectivity index (χ1n) is 8.52. The monoisotopic (exact) mass is 311 g/mol. The van der Waals surface area contributed by atoms with Gasteiger partial charge in [0.1, 0.15) is 0 Å². The summed E-state index contributed by atoms with van der Waals surface area (Å²) in [5.41, 5.74) is 5.30. The molecule has 3 N–H and O–H groups in total. The van der Waals surface area contributed by atoms with Crippen molar-refractivity contribution in [2.75, 3.05) is 32.8 Å². The lowest BCUT2D eigenvalue weighted by atomic mass is 9.87. The van der Waals surface area contributed by atoms with Gasteiger partial charge in [-0.3, -0.25) is 9.59 Å². The number of hydrogen-bond acceptors (Lipinski definition) is 4. The maximum absolute atomic E-state index is 12.4. The van der Waals surface area contributed by atoms with Crippen molar-refractivity contribution in [1.82, 2.24) is 10.2 Å². The van der Waals surface area contributed by atoms with E-state index in [-0.39, 0.29) is 18.5 Å². The minimum Gasteiger partial charge on any atom is -0.378 e. The summed E-state index contributed by atoms with van der Waals surface area (Å²) in [5, 5.41) is 3.27. The van der Waals surface area contributed by atoms with Gasteiger partial charge in [0.05, 0.1) is 19.8 Å². The van der Waals surface area contributed by atoms with Crippen LogP contribution in [0.15, 0.2) is 0 Å². The van der Waals surface area contributed by atoms with Crippen molar-refractivity contribution in [3.05, 3.63) is 0 Å². The average Bonchev–Trinajstić information content (AvgIpc) is 2.53. The zero-order chi connectivity index (χ0) is 15.8. The molecule has 2 amide bonds. The summed E-state index contributed by atoms with van der Waals surface area (Å²) in [5.74, 6) is 0.246. The first-order valence-corrected chi connectivity index (χ1v) is 8.52. The van der Waals surface area contributed by atoms with Crippen LogP contribution in [0.5, 0.6) is 0 Å². The Bertz CT molecular complexity index is 364. The van der Waals surface area contributed by atoms with Gasteiger partial charge in [-0.15, -0.1) is 0 Å². The van der Waals surface area contributed by atoms with E-state index >= 15 is 0 Å². The predicted octanol–water partition coefficient (Wildman–Crippen LogP) is 0.649. The Kier molecular flexibility index (Phi) is 7.12. The summed E-state index contributed by atoms with van der Waals surface area (Å²) in [6.07, 6.45) is 7.75. The summed E-state index contributed by atoms with van der Waals surface area (Å²) in [6.45, 7) is 2.69. The fraction of sp³-hybridized carbons (Fsp3) is 0.875. The highest BCUT2D eigenvalue weighted by molar-refractivity contribution is 5.84. The smallest absolute Gasteiger partial charge is 0.237 e. The molecule has 0 spiro atoms. The number of nitrogens with two attached hydrogens (primary N) is 1. The average molecular weight is 311 g/mol. The van der Waals surface area contributed by atoms with Crippen LogP contribution in [-0.2, 0) is 14.3 Å². The predicted molar refractivity (Wildman–Crippen MR) is 84.2 cm³/mol. The van der Waals surface area contributed by atoms with Crippen LogP contribution in [0.2, 0.25) is 0 Å². The number of nitrogens with one attached hydrogen (secondary N) is 1. The first-order chi connectivity index (χ1) is 10.6. The zero-order valence-corrected chi connectivity index (χ0v) is 13.4. The van der Waals surface area contributed by atoms with Gasteiger partial charge < -0.3 is 20.7 Å². The molecule has 0 aromatic carbocycles. The van der Waals surface area contributed by atoms with Crippen molar-refractivity contribution in [2.24, 2.45) is 11.7 Å². The summed E-state index contributed by atoms with van der Waals surface area (Å²) in [4.78, 5) is 25.3. The number of primary amides is 1. The Morgan fingerprint density at radius 2 is 2.00 bits per heavy atom. The van der Waals surface area contributed by atoms with Crippen LogP contribution in [0.4, 0.5) is 0 Å². The van der Waals surface area contributed by atoms with Crippen molar-refractivity contribution in [3.63, 3.8) is 0 Å². The highest BCUT2D eigenvalue weighted by atomic mass is 16.5. The topological polar surface area (TPSA) is 84.7 Å². The molecule has 1 saturated heterocycles. The highest BCUT2D eigenvalue weighted by Gasteiger charge is 2.23. The van der Waals surface area contributed by atoms with Gasteiger partial charge in [-0.05, 0) is 12.3 Å². The van der Waals surface area contributed by atoms with E-state index in [2.05, 4.69) is 5.32 Å². The molecule has 0 radical (unpaired) electrons. The normalized spacial score (nSPS) is 23.2. The molecule has 1 atom stereocenters. The maximum Gasteiger partial charge on any atom is 0.237 e. The second kappa shape index (κ2) is 9.10. The number of hydrogen-bond donors (Lipinski definition) is 2. The highest BCUT2D eigenvalue weighted by Crippen LogP contribution is 2.26. The van der Waals surface area contributed by atoms with Crippen molar-refractivity contribution in [1.29, 1.82) is 0 Å². The molecule has 1 aliphatic carbocycles. The van der Waals surface area contributed by atoms with Crippen molar-refractivity contribution >= 4 is 11.8 Å². The van der Waals surface area contributed by atoms with Gasteiger partial charge in [-0.25, -0.2) is 0 Å². The quantitative estimate of drug-likeness (QED) is 0.723. The van der Waals surface area contributed by atoms with Crippen LogP contribution in [0.3, 0.4) is 0 Å². The van der Waals surface area contributed by atoms with E-state index in [4.69, 9.17) is 10.5 Å². The van der Waals surface area contributed by atoms with Gasteiger partial charge in [0.15, 0.2) is 0 Å². The molecule has 1 saturated carbocycles. The summed E-state index contributed by atoms with van der Waals surface area (Å²) in [6, 6.07) is 0.0475. The van der Waals surface area contributed by atoms with Gasteiger partial charge in [0.25, 0.3) is 0 Å². The molecule has 22 heavy (non-hydrogen) atoms. The minimum absolute atomic E-state index is 0.00221. The van der Waals surface area contributed by atoms with Crippen LogP contribution in [-0.4, -0.2) is 55.6 Å². The lowest BCUT2D eigenvalue weighted by Gasteiger charge is -2.29. The van der Waals surface area contributed by atoms with Gasteiger partial charge in [-0.2, -0.15) is 0 Å². The number of amides is 2. The molecule has 1 unspecified atom stereocenters. The van der Waals surface area contributed by atoms with E-state index < -0.39 is 5.91 Å². The van der Waals surface area contributed by atoms with Crippen LogP contribution in [0.25, 0.3) is 0 Å². The third kappa shape index (κ3) is 5.93. The molecule has 6 nitrogen and oxygen atoms in total. The third-order valence-electron chi connectivity index (χ3n) is 4.65. The molecule has 0 aromatic rings. The second-order valence-corrected chi connectivity index (χ2v) is 6.50. The summed E-state index contributed by atoms with van der Waals surface area (Å²) < 4.78 is 5.37. The van der Waals surface area contributed by atoms with E-state index in [1.807, 2.05) is 0 Å². The van der Waals surface area contributed by atoms with E-state index in [1.54, 1.807) is 4.90 Å². The minimum atomic E-state index is -0.440. The molecule has 1 aliphatic heterocycles. The number of rotatable bonds is 7. The molecule has 6 heteroatoms. The van der Waals surface area contributed by atoms with Crippen LogP contribution < -0.4 is 11.1 Å². The summed E-state index contributed by atoms with van der Waals surface area (Å²) >= 11 is 0. The third-order valence-corrected chi connectivity index (χ3v) is 4.65. The van der Waals surface area contributed by atoms with Crippen LogP contribution >= 0.6 is 0 Å². The Hall–Kier alpha value is -1.14. The van der Waals surface area contributed by atoms with Gasteiger partial charge >= 0.3 is 0 Å². The Morgan fingerprint density at radius 3 is 2.64 bits per heavy atom. The van der Waals surface area contributed by atoms with E-state index in [0.717, 1.165) is 13.0 Å². The second-order valence-electron chi connectivity index (χ2n) is 6.50. The van der Waals surface area contributed by atoms with Gasteiger partial charge in [0.2, 0.25) is 11.8 Å². The van der Waals surface area contributed by atoms with E-state index in [0.29, 0.717) is 32.1 Å². The summed E-state index contributed by atoms with van der Waals surface area (Å²) in [7, 11) is 0. The van der Waals surface area contributed by atoms with Gasteiger partial charge in [0, 0.05) is 25.6 Å². The molecule has 2 fully saturated rings. The zero-order valence-electron chi connectivity index (χ0n) is 13.4. The first kappa shape index (κ1) is 17.2. The van der Waals surface area contributed by atoms with Gasteiger partial charge in [-0.1, -0.05) is 32.1 Å². The molecule has 2 aliphatic rings. The maximum atomic E-state index is 12.4. The molecular weight excluding hydrogens is 282 g/mol. The lowest BCUT2D eigenvalue weighted by Crippen LogP contribution is -2.47. The van der Waals surface area contributed by atoms with Crippen molar-refractivity contribution in [2.45, 2.75) is 51.0 Å². The van der Waals surface area contributed by atoms with Crippen LogP contribution in [0.1, 0.15) is 44.9 Å². The number of carbonyl (C=O) groups excluding carboxylic acids is 2. The molecule has 1 heterocycles. The molecule has 0 bridgehead atoms. The fourth-order valence-electron chi connectivity index (χ4n) is 3.38. The standard InChI is InChI=1S/C16H29N3O3/c17-15(20)11-19(8-6-13-4-2-1-3-5-13)16(21)10-14-12-22-9-7-18-14/h13-14,18H,1-12H2,(H2,17,20). The molecule has 126 valence electrons. The number of nitrogens with zero attached hydrogens (tertiary/aromatic N) is 1. The number of morpholine rings is 1. The fourth-order valence-corrected chi connectivity index (χ4v) is 3.38. The Labute approximate surface area is 132 Å². The number of carbonyl (C=O) groups is 2. The molecule has 0 aromatic heterocycles. The number of ether oxygens (including phenoxy) is 1. The SMILES string of the molecule is NC(=O)CN(CCC1CCCCC1)C(=O)CC1COCCN1. The molecular formula is C16H29N3O3. The Balaban J connectivity index is 1.80.